The van der Waals surface area contributed by atoms with Gasteiger partial charge in [0.2, 0.25) is 5.91 Å². The largest absolute Gasteiger partial charge is 0.351 e. The molecule has 4 heteroatoms. The lowest BCUT2D eigenvalue weighted by atomic mass is 10.2. The average Bonchev–Trinajstić information content (AvgIpc) is 2.15. The summed E-state index contributed by atoms with van der Waals surface area (Å²) in [7, 11) is 0. The second-order valence-corrected chi connectivity index (χ2v) is 2.61. The molecule has 4 nitrogen and oxygen atoms in total. The van der Waals surface area contributed by atoms with Gasteiger partial charge < -0.3 is 5.32 Å². The molecule has 0 saturated heterocycles. The minimum atomic E-state index is -0.0961. The van der Waals surface area contributed by atoms with E-state index in [0.717, 1.165) is 12.0 Å². The summed E-state index contributed by atoms with van der Waals surface area (Å²) >= 11 is 0. The molecule has 1 aromatic rings. The van der Waals surface area contributed by atoms with Crippen molar-refractivity contribution < 1.29 is 9.59 Å². The Balaban J connectivity index is 2.59. The van der Waals surface area contributed by atoms with E-state index in [4.69, 9.17) is 0 Å². The highest BCUT2D eigenvalue weighted by molar-refractivity contribution is 5.74. The van der Waals surface area contributed by atoms with E-state index in [1.54, 1.807) is 12.1 Å². The summed E-state index contributed by atoms with van der Waals surface area (Å²) in [6.45, 7) is 1.84. The van der Waals surface area contributed by atoms with Crippen molar-refractivity contribution >= 4 is 12.2 Å². The number of carbonyl (C=O) groups is 2. The average molecular weight is 178 g/mol. The highest BCUT2D eigenvalue weighted by atomic mass is 16.1. The van der Waals surface area contributed by atoms with E-state index in [2.05, 4.69) is 10.3 Å². The molecule has 0 unspecified atom stereocenters. The maximum absolute atomic E-state index is 10.5. The molecule has 0 aliphatic carbocycles. The van der Waals surface area contributed by atoms with Crippen LogP contribution in [0.15, 0.2) is 18.3 Å². The third-order valence-corrected chi connectivity index (χ3v) is 1.50. The number of hydrogen-bond acceptors (Lipinski definition) is 3. The minimum absolute atomic E-state index is 0.0961. The summed E-state index contributed by atoms with van der Waals surface area (Å²) in [6.07, 6.45) is 2.21. The predicted molar refractivity (Wildman–Crippen MR) is 47.1 cm³/mol. The van der Waals surface area contributed by atoms with Crippen LogP contribution >= 0.6 is 0 Å². The number of nitrogens with zero attached hydrogens (tertiary/aromatic N) is 1. The predicted octanol–water partition coefficient (Wildman–Crippen LogP) is 0.530. The van der Waals surface area contributed by atoms with Gasteiger partial charge in [-0.05, 0) is 12.1 Å². The van der Waals surface area contributed by atoms with Crippen LogP contribution in [-0.4, -0.2) is 17.2 Å². The molecule has 0 atom stereocenters. The van der Waals surface area contributed by atoms with Gasteiger partial charge in [-0.2, -0.15) is 0 Å². The highest BCUT2D eigenvalue weighted by Crippen LogP contribution is 1.96. The van der Waals surface area contributed by atoms with Crippen LogP contribution in [0.25, 0.3) is 0 Å². The standard InChI is InChI=1S/C9H10N2O2/c1-7(13)10-5-9-3-2-8(6-12)4-11-9/h2-4,6H,5H2,1H3,(H,10,13). The third-order valence-electron chi connectivity index (χ3n) is 1.50. The fourth-order valence-corrected chi connectivity index (χ4v) is 0.825. The van der Waals surface area contributed by atoms with Gasteiger partial charge in [-0.3, -0.25) is 14.6 Å². The van der Waals surface area contributed by atoms with Crippen molar-refractivity contribution in [3.05, 3.63) is 29.6 Å². The Morgan fingerprint density at radius 3 is 2.85 bits per heavy atom. The third kappa shape index (κ3) is 3.02. The van der Waals surface area contributed by atoms with Crippen molar-refractivity contribution in [1.29, 1.82) is 0 Å². The Morgan fingerprint density at radius 2 is 2.38 bits per heavy atom. The lowest BCUT2D eigenvalue weighted by Crippen LogP contribution is -2.19. The highest BCUT2D eigenvalue weighted by Gasteiger charge is 1.95. The fraction of sp³-hybridized carbons (Fsp3) is 0.222. The molecule has 1 amide bonds. The lowest BCUT2D eigenvalue weighted by Gasteiger charge is -2.00. The molecule has 13 heavy (non-hydrogen) atoms. The van der Waals surface area contributed by atoms with Crippen molar-refractivity contribution in [3.63, 3.8) is 0 Å². The van der Waals surface area contributed by atoms with Gasteiger partial charge in [-0.15, -0.1) is 0 Å². The van der Waals surface area contributed by atoms with Gasteiger partial charge >= 0.3 is 0 Å². The molecule has 0 aromatic carbocycles. The molecule has 0 aliphatic rings. The molecule has 0 bridgehead atoms. The molecule has 0 saturated carbocycles. The van der Waals surface area contributed by atoms with Gasteiger partial charge in [0.15, 0.2) is 6.29 Å². The second kappa shape index (κ2) is 4.35. The summed E-state index contributed by atoms with van der Waals surface area (Å²) in [6, 6.07) is 3.37. The van der Waals surface area contributed by atoms with E-state index < -0.39 is 0 Å². The Kier molecular flexibility index (Phi) is 3.14. The first-order chi connectivity index (χ1) is 6.22. The topological polar surface area (TPSA) is 59.1 Å². The van der Waals surface area contributed by atoms with Crippen molar-refractivity contribution in [3.8, 4) is 0 Å². The molecule has 1 heterocycles. The van der Waals surface area contributed by atoms with E-state index in [9.17, 15) is 9.59 Å². The summed E-state index contributed by atoms with van der Waals surface area (Å²) in [5.74, 6) is -0.0961. The Hall–Kier alpha value is -1.71. The van der Waals surface area contributed by atoms with Crippen LogP contribution in [0.1, 0.15) is 23.0 Å². The lowest BCUT2D eigenvalue weighted by molar-refractivity contribution is -0.119. The summed E-state index contributed by atoms with van der Waals surface area (Å²) in [5, 5.41) is 2.61. The summed E-state index contributed by atoms with van der Waals surface area (Å²) in [4.78, 5) is 24.8. The number of carbonyl (C=O) groups excluding carboxylic acids is 2. The van der Waals surface area contributed by atoms with Gasteiger partial charge in [0.05, 0.1) is 12.2 Å². The molecular formula is C9H10N2O2. The second-order valence-electron chi connectivity index (χ2n) is 2.61. The molecule has 1 N–H and O–H groups in total. The Bertz CT molecular complexity index is 306. The molecular weight excluding hydrogens is 168 g/mol. The first kappa shape index (κ1) is 9.38. The summed E-state index contributed by atoms with van der Waals surface area (Å²) < 4.78 is 0. The molecule has 68 valence electrons. The van der Waals surface area contributed by atoms with Crippen molar-refractivity contribution in [1.82, 2.24) is 10.3 Å². The number of hydrogen-bond donors (Lipinski definition) is 1. The van der Waals surface area contributed by atoms with Crippen molar-refractivity contribution in [2.75, 3.05) is 0 Å². The van der Waals surface area contributed by atoms with Crippen molar-refractivity contribution in [2.24, 2.45) is 0 Å². The summed E-state index contributed by atoms with van der Waals surface area (Å²) in [5.41, 5.74) is 1.27. The molecule has 0 spiro atoms. The number of aromatic nitrogens is 1. The number of aldehydes is 1. The normalized spacial score (nSPS) is 9.31. The van der Waals surface area contributed by atoms with Gasteiger partial charge in [0, 0.05) is 18.7 Å². The smallest absolute Gasteiger partial charge is 0.217 e. The SMILES string of the molecule is CC(=O)NCc1ccc(C=O)cn1. The van der Waals surface area contributed by atoms with Crippen molar-refractivity contribution in [2.45, 2.75) is 13.5 Å². The van der Waals surface area contributed by atoms with Gasteiger partial charge in [0.1, 0.15) is 0 Å². The van der Waals surface area contributed by atoms with Crippen LogP contribution in [0.4, 0.5) is 0 Å². The first-order valence-corrected chi connectivity index (χ1v) is 3.87. The molecule has 0 aliphatic heterocycles. The van der Waals surface area contributed by atoms with Crippen LogP contribution in [0, 0.1) is 0 Å². The van der Waals surface area contributed by atoms with E-state index in [1.165, 1.54) is 13.1 Å². The van der Waals surface area contributed by atoms with Crippen LogP contribution < -0.4 is 5.32 Å². The Morgan fingerprint density at radius 1 is 1.62 bits per heavy atom. The zero-order chi connectivity index (χ0) is 9.68. The van der Waals surface area contributed by atoms with Gasteiger partial charge in [-0.1, -0.05) is 0 Å². The van der Waals surface area contributed by atoms with Crippen LogP contribution in [0.3, 0.4) is 0 Å². The van der Waals surface area contributed by atoms with E-state index >= 15 is 0 Å². The van der Waals surface area contributed by atoms with E-state index in [1.807, 2.05) is 0 Å². The fourth-order valence-electron chi connectivity index (χ4n) is 0.825. The monoisotopic (exact) mass is 178 g/mol. The van der Waals surface area contributed by atoms with E-state index in [-0.39, 0.29) is 5.91 Å². The molecule has 0 radical (unpaired) electrons. The minimum Gasteiger partial charge on any atom is -0.351 e. The molecule has 1 rings (SSSR count). The number of pyridine rings is 1. The first-order valence-electron chi connectivity index (χ1n) is 3.87. The van der Waals surface area contributed by atoms with Gasteiger partial charge in [-0.25, -0.2) is 0 Å². The molecule has 1 aromatic heterocycles. The van der Waals surface area contributed by atoms with Crippen LogP contribution in [0.2, 0.25) is 0 Å². The maximum Gasteiger partial charge on any atom is 0.217 e. The number of rotatable bonds is 3. The molecule has 0 fully saturated rings. The van der Waals surface area contributed by atoms with Gasteiger partial charge in [0.25, 0.3) is 0 Å². The van der Waals surface area contributed by atoms with Crippen LogP contribution in [-0.2, 0) is 11.3 Å². The Labute approximate surface area is 76.0 Å². The zero-order valence-corrected chi connectivity index (χ0v) is 7.28. The van der Waals surface area contributed by atoms with E-state index in [0.29, 0.717) is 12.1 Å². The maximum atomic E-state index is 10.5. The number of nitrogens with one attached hydrogen (secondary N) is 1. The number of amides is 1. The van der Waals surface area contributed by atoms with Crippen LogP contribution in [0.5, 0.6) is 0 Å². The quantitative estimate of drug-likeness (QED) is 0.687. The zero-order valence-electron chi connectivity index (χ0n) is 7.28.